The lowest BCUT2D eigenvalue weighted by Gasteiger charge is -2.12. The van der Waals surface area contributed by atoms with Gasteiger partial charge >= 0.3 is 0 Å². The van der Waals surface area contributed by atoms with Crippen molar-refractivity contribution in [1.29, 1.82) is 0 Å². The van der Waals surface area contributed by atoms with Crippen LogP contribution in [-0.4, -0.2) is 9.78 Å². The molecule has 0 unspecified atom stereocenters. The van der Waals surface area contributed by atoms with Crippen LogP contribution in [0.2, 0.25) is 0 Å². The molecule has 0 aliphatic heterocycles. The van der Waals surface area contributed by atoms with Gasteiger partial charge < -0.3 is 5.73 Å². The molecular formula is C10H15N3O. The molecule has 1 heterocycles. The number of rotatable bonds is 2. The van der Waals surface area contributed by atoms with Crippen LogP contribution >= 0.6 is 0 Å². The van der Waals surface area contributed by atoms with Gasteiger partial charge in [-0.2, -0.15) is 5.10 Å². The molecule has 1 aliphatic rings. The molecule has 1 aliphatic carbocycles. The quantitative estimate of drug-likeness (QED) is 0.754. The number of aromatic nitrogens is 2. The molecule has 14 heavy (non-hydrogen) atoms. The SMILES string of the molecule is CC(C)n1nc(C2(N)CC2)ccc1=O. The summed E-state index contributed by atoms with van der Waals surface area (Å²) in [5.41, 5.74) is 6.53. The molecule has 76 valence electrons. The molecule has 0 saturated heterocycles. The summed E-state index contributed by atoms with van der Waals surface area (Å²) in [7, 11) is 0. The van der Waals surface area contributed by atoms with Gasteiger partial charge in [0.2, 0.25) is 0 Å². The first-order valence-corrected chi connectivity index (χ1v) is 4.92. The van der Waals surface area contributed by atoms with Crippen molar-refractivity contribution in [2.45, 2.75) is 38.3 Å². The fourth-order valence-electron chi connectivity index (χ4n) is 1.45. The van der Waals surface area contributed by atoms with Crippen molar-refractivity contribution < 1.29 is 0 Å². The Hall–Kier alpha value is -1.16. The van der Waals surface area contributed by atoms with Gasteiger partial charge in [0, 0.05) is 6.07 Å². The summed E-state index contributed by atoms with van der Waals surface area (Å²) < 4.78 is 1.49. The zero-order valence-corrected chi connectivity index (χ0v) is 8.53. The Morgan fingerprint density at radius 3 is 2.64 bits per heavy atom. The van der Waals surface area contributed by atoms with Crippen molar-refractivity contribution in [2.75, 3.05) is 0 Å². The molecule has 0 radical (unpaired) electrons. The van der Waals surface area contributed by atoms with Crippen LogP contribution in [0.25, 0.3) is 0 Å². The Bertz CT molecular complexity index is 404. The average Bonchev–Trinajstić information content (AvgIpc) is 2.85. The van der Waals surface area contributed by atoms with E-state index < -0.39 is 0 Å². The smallest absolute Gasteiger partial charge is 0.266 e. The number of hydrogen-bond acceptors (Lipinski definition) is 3. The summed E-state index contributed by atoms with van der Waals surface area (Å²) in [5.74, 6) is 0. The molecule has 2 rings (SSSR count). The Balaban J connectivity index is 2.46. The van der Waals surface area contributed by atoms with Gasteiger partial charge in [-0.05, 0) is 32.8 Å². The van der Waals surface area contributed by atoms with Gasteiger partial charge in [-0.1, -0.05) is 0 Å². The van der Waals surface area contributed by atoms with Gasteiger partial charge in [-0.3, -0.25) is 4.79 Å². The van der Waals surface area contributed by atoms with Crippen molar-refractivity contribution in [3.05, 3.63) is 28.2 Å². The molecule has 0 bridgehead atoms. The van der Waals surface area contributed by atoms with E-state index in [1.165, 1.54) is 4.68 Å². The van der Waals surface area contributed by atoms with Gasteiger partial charge in [0.1, 0.15) is 0 Å². The predicted molar refractivity (Wildman–Crippen MR) is 54.0 cm³/mol. The Morgan fingerprint density at radius 1 is 1.50 bits per heavy atom. The van der Waals surface area contributed by atoms with Crippen LogP contribution < -0.4 is 11.3 Å². The molecule has 4 heteroatoms. The first kappa shape index (κ1) is 9.40. The minimum atomic E-state index is -0.260. The van der Waals surface area contributed by atoms with Gasteiger partial charge in [-0.25, -0.2) is 4.68 Å². The van der Waals surface area contributed by atoms with Gasteiger partial charge in [0.05, 0.1) is 17.3 Å². The highest BCUT2D eigenvalue weighted by Crippen LogP contribution is 2.41. The van der Waals surface area contributed by atoms with Crippen molar-refractivity contribution >= 4 is 0 Å². The summed E-state index contributed by atoms with van der Waals surface area (Å²) in [4.78, 5) is 11.4. The minimum Gasteiger partial charge on any atom is -0.320 e. The molecule has 0 atom stereocenters. The van der Waals surface area contributed by atoms with E-state index in [0.29, 0.717) is 0 Å². The van der Waals surface area contributed by atoms with Crippen LogP contribution in [0.1, 0.15) is 38.4 Å². The van der Waals surface area contributed by atoms with E-state index in [2.05, 4.69) is 5.10 Å². The fraction of sp³-hybridized carbons (Fsp3) is 0.600. The normalized spacial score (nSPS) is 18.6. The fourth-order valence-corrected chi connectivity index (χ4v) is 1.45. The average molecular weight is 193 g/mol. The summed E-state index contributed by atoms with van der Waals surface area (Å²) in [6.07, 6.45) is 1.94. The lowest BCUT2D eigenvalue weighted by atomic mass is 10.2. The second-order valence-corrected chi connectivity index (χ2v) is 4.25. The largest absolute Gasteiger partial charge is 0.320 e. The Labute approximate surface area is 82.7 Å². The highest BCUT2D eigenvalue weighted by Gasteiger charge is 2.41. The molecule has 1 saturated carbocycles. The van der Waals surface area contributed by atoms with Crippen molar-refractivity contribution in [1.82, 2.24) is 9.78 Å². The first-order chi connectivity index (χ1) is 6.53. The molecule has 1 aromatic rings. The maximum absolute atomic E-state index is 11.4. The summed E-state index contributed by atoms with van der Waals surface area (Å²) in [5, 5.41) is 4.28. The number of nitrogens with two attached hydrogens (primary N) is 1. The molecule has 2 N–H and O–H groups in total. The third kappa shape index (κ3) is 1.46. The van der Waals surface area contributed by atoms with E-state index in [-0.39, 0.29) is 17.1 Å². The van der Waals surface area contributed by atoms with Crippen LogP contribution in [0.4, 0.5) is 0 Å². The van der Waals surface area contributed by atoms with E-state index in [0.717, 1.165) is 18.5 Å². The molecule has 1 aromatic heterocycles. The molecule has 0 aromatic carbocycles. The Morgan fingerprint density at radius 2 is 2.14 bits per heavy atom. The second kappa shape index (κ2) is 2.92. The van der Waals surface area contributed by atoms with E-state index in [4.69, 9.17) is 5.73 Å². The zero-order chi connectivity index (χ0) is 10.3. The van der Waals surface area contributed by atoms with Crippen LogP contribution in [0.5, 0.6) is 0 Å². The van der Waals surface area contributed by atoms with Crippen molar-refractivity contribution in [3.8, 4) is 0 Å². The molecule has 0 spiro atoms. The number of nitrogens with zero attached hydrogens (tertiary/aromatic N) is 2. The van der Waals surface area contributed by atoms with Gasteiger partial charge in [0.25, 0.3) is 5.56 Å². The maximum Gasteiger partial charge on any atom is 0.266 e. The topological polar surface area (TPSA) is 60.9 Å². The zero-order valence-electron chi connectivity index (χ0n) is 8.53. The minimum absolute atomic E-state index is 0.0620. The standard InChI is InChI=1S/C10H15N3O/c1-7(2)13-9(14)4-3-8(12-13)10(11)5-6-10/h3-4,7H,5-6,11H2,1-2H3. The third-order valence-electron chi connectivity index (χ3n) is 2.61. The monoisotopic (exact) mass is 193 g/mol. The first-order valence-electron chi connectivity index (χ1n) is 4.92. The molecule has 4 nitrogen and oxygen atoms in total. The molecule has 0 amide bonds. The van der Waals surface area contributed by atoms with Crippen LogP contribution in [0.3, 0.4) is 0 Å². The highest BCUT2D eigenvalue weighted by molar-refractivity contribution is 5.20. The van der Waals surface area contributed by atoms with Crippen LogP contribution in [0, 0.1) is 0 Å². The van der Waals surface area contributed by atoms with E-state index in [9.17, 15) is 4.79 Å². The summed E-state index contributed by atoms with van der Waals surface area (Å²) in [6, 6.07) is 3.38. The van der Waals surface area contributed by atoms with E-state index in [1.54, 1.807) is 12.1 Å². The summed E-state index contributed by atoms with van der Waals surface area (Å²) in [6.45, 7) is 3.88. The number of hydrogen-bond donors (Lipinski definition) is 1. The van der Waals surface area contributed by atoms with E-state index in [1.807, 2.05) is 13.8 Å². The highest BCUT2D eigenvalue weighted by atomic mass is 16.1. The van der Waals surface area contributed by atoms with Crippen LogP contribution in [-0.2, 0) is 5.54 Å². The Kier molecular flexibility index (Phi) is 1.96. The molecular weight excluding hydrogens is 178 g/mol. The van der Waals surface area contributed by atoms with Crippen LogP contribution in [0.15, 0.2) is 16.9 Å². The third-order valence-corrected chi connectivity index (χ3v) is 2.61. The lowest BCUT2D eigenvalue weighted by molar-refractivity contribution is 0.481. The lowest BCUT2D eigenvalue weighted by Crippen LogP contribution is -2.29. The van der Waals surface area contributed by atoms with E-state index >= 15 is 0 Å². The van der Waals surface area contributed by atoms with Gasteiger partial charge in [-0.15, -0.1) is 0 Å². The maximum atomic E-state index is 11.4. The predicted octanol–water partition coefficient (Wildman–Crippen LogP) is 0.772. The second-order valence-electron chi connectivity index (χ2n) is 4.25. The summed E-state index contributed by atoms with van der Waals surface area (Å²) >= 11 is 0. The van der Waals surface area contributed by atoms with Crippen molar-refractivity contribution in [3.63, 3.8) is 0 Å². The van der Waals surface area contributed by atoms with Crippen molar-refractivity contribution in [2.24, 2.45) is 5.73 Å². The molecule has 1 fully saturated rings. The van der Waals surface area contributed by atoms with Gasteiger partial charge in [0.15, 0.2) is 0 Å².